The standard InChI is InChI=1S/C26H51IO2Si2/c1-13-18-24(28-30(11,12)26(8,9)10)21(6)19-23(14-2)25(22(7)20-27)29-31(15-3,16-4)17-5/h13,19-20,23-25H,1,14-18H2,2-12H3/b21-19+,22-20+/t23-,24-,25-/m0/s1. The van der Waals surface area contributed by atoms with Crippen LogP contribution in [-0.2, 0) is 8.85 Å². The molecule has 3 atom stereocenters. The van der Waals surface area contributed by atoms with Crippen molar-refractivity contribution in [2.24, 2.45) is 5.92 Å². The highest BCUT2D eigenvalue weighted by atomic mass is 127. The average molecular weight is 579 g/mol. The fourth-order valence-corrected chi connectivity index (χ4v) is 8.33. The summed E-state index contributed by atoms with van der Waals surface area (Å²) < 4.78 is 16.1. The molecule has 5 heteroatoms. The molecule has 0 saturated heterocycles. The Bertz CT molecular complexity index is 593. The molecular weight excluding hydrogens is 527 g/mol. The zero-order valence-corrected chi connectivity index (χ0v) is 26.6. The summed E-state index contributed by atoms with van der Waals surface area (Å²) in [7, 11) is -3.58. The number of hydrogen-bond donors (Lipinski definition) is 0. The van der Waals surface area contributed by atoms with E-state index in [1.54, 1.807) is 0 Å². The predicted octanol–water partition coefficient (Wildman–Crippen LogP) is 9.65. The van der Waals surface area contributed by atoms with Crippen molar-refractivity contribution in [3.63, 3.8) is 0 Å². The zero-order chi connectivity index (χ0) is 24.5. The largest absolute Gasteiger partial charge is 0.410 e. The second-order valence-corrected chi connectivity index (χ2v) is 20.6. The lowest BCUT2D eigenvalue weighted by Crippen LogP contribution is -2.44. The van der Waals surface area contributed by atoms with Gasteiger partial charge < -0.3 is 8.85 Å². The van der Waals surface area contributed by atoms with Crippen LogP contribution in [0.1, 0.15) is 75.2 Å². The number of halogens is 1. The summed E-state index contributed by atoms with van der Waals surface area (Å²) in [6, 6.07) is 3.53. The molecule has 0 N–H and O–H groups in total. The van der Waals surface area contributed by atoms with Gasteiger partial charge in [-0.15, -0.1) is 6.58 Å². The SMILES string of the molecule is C=CC[C@H](O[Si](C)(C)C(C)(C)C)/C(C)=C/[C@H](CC)[C@@H](O[Si](CC)(CC)CC)/C(C)=C/I. The molecule has 0 radical (unpaired) electrons. The van der Waals surface area contributed by atoms with Gasteiger partial charge in [-0.05, 0) is 78.2 Å². The normalized spacial score (nSPS) is 17.4. The smallest absolute Gasteiger partial charge is 0.192 e. The summed E-state index contributed by atoms with van der Waals surface area (Å²) >= 11 is 2.37. The van der Waals surface area contributed by atoms with E-state index in [-0.39, 0.29) is 17.2 Å². The Hall–Kier alpha value is 0.304. The molecule has 0 amide bonds. The second kappa shape index (κ2) is 13.9. The first-order valence-corrected chi connectivity index (χ1v) is 18.9. The molecular formula is C26H51IO2Si2. The van der Waals surface area contributed by atoms with Crippen molar-refractivity contribution in [1.82, 2.24) is 0 Å². The van der Waals surface area contributed by atoms with Crippen molar-refractivity contribution in [3.05, 3.63) is 34.0 Å². The number of hydrogen-bond acceptors (Lipinski definition) is 2. The lowest BCUT2D eigenvalue weighted by molar-refractivity contribution is 0.171. The quantitative estimate of drug-likeness (QED) is 0.116. The lowest BCUT2D eigenvalue weighted by atomic mass is 9.91. The Balaban J connectivity index is 6.07. The van der Waals surface area contributed by atoms with Crippen molar-refractivity contribution in [1.29, 1.82) is 0 Å². The second-order valence-electron chi connectivity index (χ2n) is 10.5. The van der Waals surface area contributed by atoms with Gasteiger partial charge in [-0.3, -0.25) is 0 Å². The van der Waals surface area contributed by atoms with Crippen LogP contribution in [0.3, 0.4) is 0 Å². The third kappa shape index (κ3) is 9.22. The van der Waals surface area contributed by atoms with Crippen LogP contribution in [0.25, 0.3) is 0 Å². The van der Waals surface area contributed by atoms with Gasteiger partial charge in [0.25, 0.3) is 0 Å². The monoisotopic (exact) mass is 578 g/mol. The van der Waals surface area contributed by atoms with Gasteiger partial charge in [0.1, 0.15) is 0 Å². The lowest BCUT2D eigenvalue weighted by Gasteiger charge is -2.40. The van der Waals surface area contributed by atoms with Crippen LogP contribution in [-0.4, -0.2) is 28.8 Å². The van der Waals surface area contributed by atoms with Crippen molar-refractivity contribution >= 4 is 39.2 Å². The van der Waals surface area contributed by atoms with Crippen molar-refractivity contribution in [2.75, 3.05) is 0 Å². The Morgan fingerprint density at radius 2 is 1.48 bits per heavy atom. The molecule has 0 aromatic heterocycles. The van der Waals surface area contributed by atoms with Gasteiger partial charge in [0.15, 0.2) is 16.6 Å². The summed E-state index contributed by atoms with van der Waals surface area (Å²) in [5.41, 5.74) is 2.66. The molecule has 31 heavy (non-hydrogen) atoms. The van der Waals surface area contributed by atoms with Crippen molar-refractivity contribution in [2.45, 2.75) is 124 Å². The molecule has 0 aromatic rings. The summed E-state index contributed by atoms with van der Waals surface area (Å²) in [4.78, 5) is 0. The Labute approximate surface area is 210 Å². The fraction of sp³-hybridized carbons (Fsp3) is 0.769. The summed E-state index contributed by atoms with van der Waals surface area (Å²) in [6.45, 7) is 29.3. The zero-order valence-electron chi connectivity index (χ0n) is 22.4. The van der Waals surface area contributed by atoms with Crippen LogP contribution in [0.4, 0.5) is 0 Å². The minimum Gasteiger partial charge on any atom is -0.410 e. The van der Waals surface area contributed by atoms with Crippen LogP contribution < -0.4 is 0 Å². The first-order chi connectivity index (χ1) is 14.3. The number of rotatable bonds is 14. The molecule has 182 valence electrons. The van der Waals surface area contributed by atoms with Crippen LogP contribution in [0.2, 0.25) is 36.3 Å². The molecule has 0 rings (SSSR count). The predicted molar refractivity (Wildman–Crippen MR) is 154 cm³/mol. The fourth-order valence-electron chi connectivity index (χ4n) is 3.72. The molecule has 0 aliphatic heterocycles. The maximum atomic E-state index is 7.06. The van der Waals surface area contributed by atoms with E-state index in [0.29, 0.717) is 5.92 Å². The molecule has 0 spiro atoms. The molecule has 0 heterocycles. The van der Waals surface area contributed by atoms with Crippen molar-refractivity contribution in [3.8, 4) is 0 Å². The van der Waals surface area contributed by atoms with E-state index in [0.717, 1.165) is 12.8 Å². The molecule has 0 saturated carbocycles. The van der Waals surface area contributed by atoms with Gasteiger partial charge in [0.2, 0.25) is 0 Å². The third-order valence-electron chi connectivity index (χ3n) is 7.40. The molecule has 0 aliphatic carbocycles. The molecule has 0 bridgehead atoms. The first kappa shape index (κ1) is 31.3. The Morgan fingerprint density at radius 3 is 1.84 bits per heavy atom. The summed E-state index contributed by atoms with van der Waals surface area (Å²) in [5.74, 6) is 0.359. The van der Waals surface area contributed by atoms with Gasteiger partial charge in [-0.1, -0.05) is 83.2 Å². The maximum absolute atomic E-state index is 7.06. The van der Waals surface area contributed by atoms with Gasteiger partial charge in [0.05, 0.1) is 12.2 Å². The van der Waals surface area contributed by atoms with Gasteiger partial charge in [-0.2, -0.15) is 0 Å². The van der Waals surface area contributed by atoms with E-state index in [9.17, 15) is 0 Å². The minimum absolute atomic E-state index is 0.0995. The van der Waals surface area contributed by atoms with E-state index in [1.165, 1.54) is 29.3 Å². The van der Waals surface area contributed by atoms with E-state index >= 15 is 0 Å². The third-order valence-corrected chi connectivity index (χ3v) is 17.5. The van der Waals surface area contributed by atoms with Crippen LogP contribution in [0, 0.1) is 5.92 Å². The summed E-state index contributed by atoms with van der Waals surface area (Å²) in [6.07, 6.45) is 6.63. The Morgan fingerprint density at radius 1 is 0.968 bits per heavy atom. The van der Waals surface area contributed by atoms with Crippen molar-refractivity contribution < 1.29 is 8.85 Å². The molecule has 0 aromatic carbocycles. The first-order valence-electron chi connectivity index (χ1n) is 12.2. The maximum Gasteiger partial charge on any atom is 0.192 e. The Kier molecular flexibility index (Phi) is 14.0. The summed E-state index contributed by atoms with van der Waals surface area (Å²) in [5, 5.41) is 0.192. The highest BCUT2D eigenvalue weighted by Gasteiger charge is 2.39. The molecule has 0 unspecified atom stereocenters. The van der Waals surface area contributed by atoms with E-state index in [4.69, 9.17) is 8.85 Å². The van der Waals surface area contributed by atoms with Crippen LogP contribution >= 0.6 is 22.6 Å². The molecule has 2 nitrogen and oxygen atoms in total. The highest BCUT2D eigenvalue weighted by molar-refractivity contribution is 14.1. The van der Waals surface area contributed by atoms with E-state index in [1.807, 2.05) is 6.08 Å². The van der Waals surface area contributed by atoms with Gasteiger partial charge in [-0.25, -0.2) is 0 Å². The van der Waals surface area contributed by atoms with Gasteiger partial charge >= 0.3 is 0 Å². The topological polar surface area (TPSA) is 18.5 Å². The van der Waals surface area contributed by atoms with E-state index in [2.05, 4.69) is 115 Å². The van der Waals surface area contributed by atoms with Gasteiger partial charge in [0, 0.05) is 5.92 Å². The molecule has 0 aliphatic rings. The van der Waals surface area contributed by atoms with Crippen LogP contribution in [0.5, 0.6) is 0 Å². The van der Waals surface area contributed by atoms with E-state index < -0.39 is 16.6 Å². The average Bonchev–Trinajstić information content (AvgIpc) is 2.71. The van der Waals surface area contributed by atoms with Crippen LogP contribution in [0.15, 0.2) is 34.0 Å². The highest BCUT2D eigenvalue weighted by Crippen LogP contribution is 2.39. The molecule has 0 fully saturated rings. The minimum atomic E-state index is -1.87.